The quantitative estimate of drug-likeness (QED) is 0.177. The van der Waals surface area contributed by atoms with Gasteiger partial charge in [0, 0.05) is 0 Å². The molecule has 0 fully saturated rings. The van der Waals surface area contributed by atoms with Crippen LogP contribution in [0.5, 0.6) is 0 Å². The molecule has 0 atom stereocenters. The first-order chi connectivity index (χ1) is 18.3. The Hall–Kier alpha value is -4.46. The number of fused-ring (bicyclic) bond motifs is 3. The maximum Gasteiger partial charge on any atom is 0.0875 e. The van der Waals surface area contributed by atoms with Crippen LogP contribution in [0.1, 0.15) is 0 Å². The van der Waals surface area contributed by atoms with Crippen molar-refractivity contribution >= 4 is 52.2 Å². The minimum absolute atomic E-state index is 0.573. The molecule has 0 saturated heterocycles. The fourth-order valence-corrected chi connectivity index (χ4v) is 7.26. The summed E-state index contributed by atoms with van der Waals surface area (Å²) in [5, 5.41) is 10.8. The summed E-state index contributed by atoms with van der Waals surface area (Å²) in [6.45, 7) is 0. The Morgan fingerprint density at radius 1 is 0.324 bits per heavy atom. The molecule has 0 amide bonds. The van der Waals surface area contributed by atoms with Crippen LogP contribution in [0.25, 0.3) is 54.6 Å². The molecule has 1 heteroatoms. The van der Waals surface area contributed by atoms with E-state index in [4.69, 9.17) is 0 Å². The van der Waals surface area contributed by atoms with Gasteiger partial charge >= 0.3 is 0 Å². The molecule has 7 aromatic rings. The normalized spacial score (nSPS) is 11.7. The Labute approximate surface area is 219 Å². The lowest BCUT2D eigenvalue weighted by Crippen LogP contribution is -2.26. The lowest BCUT2D eigenvalue weighted by atomic mass is 9.85. The van der Waals surface area contributed by atoms with E-state index in [2.05, 4.69) is 146 Å². The molecule has 0 N–H and O–H groups in total. The minimum Gasteiger partial charge on any atom is -0.0633 e. The van der Waals surface area contributed by atoms with Gasteiger partial charge in [0.15, 0.2) is 0 Å². The highest BCUT2D eigenvalue weighted by molar-refractivity contribution is 6.67. The lowest BCUT2D eigenvalue weighted by molar-refractivity contribution is 1.66. The third-order valence-corrected chi connectivity index (χ3v) is 9.17. The number of hydrogen-bond donors (Lipinski definition) is 0. The summed E-state index contributed by atoms with van der Waals surface area (Å²) >= 11 is 0. The van der Waals surface area contributed by atoms with Gasteiger partial charge in [0.25, 0.3) is 0 Å². The van der Waals surface area contributed by atoms with Crippen LogP contribution in [0.2, 0.25) is 0 Å². The second kappa shape index (κ2) is 9.20. The molecule has 0 aliphatic carbocycles. The predicted molar refractivity (Wildman–Crippen MR) is 164 cm³/mol. The van der Waals surface area contributed by atoms with Crippen molar-refractivity contribution in [3.8, 4) is 22.3 Å². The molecule has 0 saturated carbocycles. The van der Waals surface area contributed by atoms with E-state index >= 15 is 0 Å². The standard InChI is InChI=1S/C36H26Si/c1-3-12-26(13-4-1)35-31-17-9-10-18-32(31)36(28-20-19-25-11-7-8-14-27(25)23-28)33-22-21-30(24-34(33)35)37-29-15-5-2-6-16-29/h1-24H,37H2. The second-order valence-corrected chi connectivity index (χ2v) is 11.8. The Kier molecular flexibility index (Phi) is 5.42. The molecule has 7 rings (SSSR count). The van der Waals surface area contributed by atoms with Gasteiger partial charge in [-0.05, 0) is 60.6 Å². The molecule has 0 heterocycles. The molecule has 174 valence electrons. The average molecular weight is 487 g/mol. The van der Waals surface area contributed by atoms with E-state index in [9.17, 15) is 0 Å². The van der Waals surface area contributed by atoms with Gasteiger partial charge in [-0.25, -0.2) is 0 Å². The van der Waals surface area contributed by atoms with E-state index in [1.807, 2.05) is 0 Å². The van der Waals surface area contributed by atoms with E-state index in [1.165, 1.54) is 64.9 Å². The maximum absolute atomic E-state index is 2.48. The monoisotopic (exact) mass is 486 g/mol. The Balaban J connectivity index is 1.57. The summed E-state index contributed by atoms with van der Waals surface area (Å²) in [6, 6.07) is 53.6. The smallest absolute Gasteiger partial charge is 0.0633 e. The molecule has 0 nitrogen and oxygen atoms in total. The van der Waals surface area contributed by atoms with Gasteiger partial charge in [-0.2, -0.15) is 0 Å². The zero-order valence-electron chi connectivity index (χ0n) is 20.6. The van der Waals surface area contributed by atoms with Crippen molar-refractivity contribution in [3.05, 3.63) is 146 Å². The zero-order chi connectivity index (χ0) is 24.6. The van der Waals surface area contributed by atoms with Gasteiger partial charge in [-0.15, -0.1) is 0 Å². The number of hydrogen-bond acceptors (Lipinski definition) is 0. The highest BCUT2D eigenvalue weighted by Crippen LogP contribution is 2.43. The highest BCUT2D eigenvalue weighted by atomic mass is 28.2. The van der Waals surface area contributed by atoms with Crippen molar-refractivity contribution in [3.63, 3.8) is 0 Å². The first-order valence-corrected chi connectivity index (χ1v) is 14.3. The topological polar surface area (TPSA) is 0 Å². The molecule has 37 heavy (non-hydrogen) atoms. The van der Waals surface area contributed by atoms with Crippen molar-refractivity contribution in [1.82, 2.24) is 0 Å². The van der Waals surface area contributed by atoms with E-state index in [1.54, 1.807) is 0 Å². The summed E-state index contributed by atoms with van der Waals surface area (Å²) in [6.07, 6.45) is 0. The van der Waals surface area contributed by atoms with Crippen LogP contribution in [-0.4, -0.2) is 9.52 Å². The Morgan fingerprint density at radius 2 is 0.919 bits per heavy atom. The molecular formula is C36H26Si. The number of rotatable bonds is 4. The van der Waals surface area contributed by atoms with Gasteiger partial charge in [-0.3, -0.25) is 0 Å². The first kappa shape index (κ1) is 21.8. The van der Waals surface area contributed by atoms with Gasteiger partial charge in [0.05, 0.1) is 9.52 Å². The van der Waals surface area contributed by atoms with Gasteiger partial charge in [0.2, 0.25) is 0 Å². The van der Waals surface area contributed by atoms with Crippen molar-refractivity contribution in [1.29, 1.82) is 0 Å². The molecule has 0 spiro atoms. The summed E-state index contributed by atoms with van der Waals surface area (Å²) in [7, 11) is -0.573. The van der Waals surface area contributed by atoms with E-state index in [0.29, 0.717) is 0 Å². The van der Waals surface area contributed by atoms with Crippen LogP contribution in [0.4, 0.5) is 0 Å². The van der Waals surface area contributed by atoms with Gasteiger partial charge < -0.3 is 0 Å². The SMILES string of the molecule is c1ccc([SiH2]c2ccc3c(-c4ccc5ccccc5c4)c4ccccc4c(-c4ccccc4)c3c2)cc1. The summed E-state index contributed by atoms with van der Waals surface area (Å²) in [5.74, 6) is 0. The Morgan fingerprint density at radius 3 is 1.68 bits per heavy atom. The van der Waals surface area contributed by atoms with Crippen LogP contribution in [0, 0.1) is 0 Å². The van der Waals surface area contributed by atoms with Crippen molar-refractivity contribution in [2.24, 2.45) is 0 Å². The molecule has 0 bridgehead atoms. The first-order valence-electron chi connectivity index (χ1n) is 12.9. The highest BCUT2D eigenvalue weighted by Gasteiger charge is 2.17. The zero-order valence-corrected chi connectivity index (χ0v) is 22.0. The Bertz CT molecular complexity index is 1890. The summed E-state index contributed by atoms with van der Waals surface area (Å²) in [5.41, 5.74) is 5.20. The summed E-state index contributed by atoms with van der Waals surface area (Å²) < 4.78 is 0. The average Bonchev–Trinajstić information content (AvgIpc) is 2.96. The van der Waals surface area contributed by atoms with Crippen LogP contribution in [0.15, 0.2) is 146 Å². The molecule has 0 radical (unpaired) electrons. The molecule has 0 aliphatic heterocycles. The fraction of sp³-hybridized carbons (Fsp3) is 0. The maximum atomic E-state index is 2.48. The fourth-order valence-electron chi connectivity index (χ4n) is 5.74. The molecule has 7 aromatic carbocycles. The van der Waals surface area contributed by atoms with Crippen LogP contribution >= 0.6 is 0 Å². The minimum atomic E-state index is -0.573. The van der Waals surface area contributed by atoms with Crippen LogP contribution in [-0.2, 0) is 0 Å². The van der Waals surface area contributed by atoms with E-state index in [-0.39, 0.29) is 0 Å². The van der Waals surface area contributed by atoms with E-state index < -0.39 is 9.52 Å². The van der Waals surface area contributed by atoms with Crippen molar-refractivity contribution in [2.75, 3.05) is 0 Å². The van der Waals surface area contributed by atoms with Crippen LogP contribution in [0.3, 0.4) is 0 Å². The van der Waals surface area contributed by atoms with Gasteiger partial charge in [0.1, 0.15) is 0 Å². The van der Waals surface area contributed by atoms with Crippen molar-refractivity contribution in [2.45, 2.75) is 0 Å². The predicted octanol–water partition coefficient (Wildman–Crippen LogP) is 7.60. The molecule has 0 aliphatic rings. The van der Waals surface area contributed by atoms with E-state index in [0.717, 1.165) is 0 Å². The second-order valence-electron chi connectivity index (χ2n) is 9.77. The largest absolute Gasteiger partial charge is 0.0875 e. The van der Waals surface area contributed by atoms with Gasteiger partial charge in [-0.1, -0.05) is 150 Å². The third-order valence-electron chi connectivity index (χ3n) is 7.44. The number of benzene rings is 7. The van der Waals surface area contributed by atoms with Crippen LogP contribution < -0.4 is 10.4 Å². The third kappa shape index (κ3) is 3.94. The molecular weight excluding hydrogens is 460 g/mol. The molecule has 0 aromatic heterocycles. The summed E-state index contributed by atoms with van der Waals surface area (Å²) in [4.78, 5) is 0. The lowest BCUT2D eigenvalue weighted by Gasteiger charge is -2.19. The van der Waals surface area contributed by atoms with Crippen molar-refractivity contribution < 1.29 is 0 Å². The molecule has 0 unspecified atom stereocenters.